The molecule has 0 aliphatic rings. The fraction of sp³-hybridized carbons (Fsp3) is 0.200. The summed E-state index contributed by atoms with van der Waals surface area (Å²) in [6.45, 7) is 3.26. The van der Waals surface area contributed by atoms with Crippen LogP contribution in [-0.2, 0) is 10.0 Å². The number of sulfonamides is 1. The molecule has 0 atom stereocenters. The summed E-state index contributed by atoms with van der Waals surface area (Å²) in [6.07, 6.45) is 2.84. The Morgan fingerprint density at radius 3 is 2.67 bits per heavy atom. The van der Waals surface area contributed by atoms with E-state index >= 15 is 0 Å². The molecule has 0 aliphatic carbocycles. The highest BCUT2D eigenvalue weighted by atomic mass is 32.2. The van der Waals surface area contributed by atoms with Crippen molar-refractivity contribution in [3.05, 3.63) is 29.8 Å². The van der Waals surface area contributed by atoms with Gasteiger partial charge in [-0.05, 0) is 19.9 Å². The number of hydrogen-bond acceptors (Lipinski definition) is 5. The predicted octanol–water partition coefficient (Wildman–Crippen LogP) is 0.805. The lowest BCUT2D eigenvalue weighted by Crippen LogP contribution is -2.15. The zero-order chi connectivity index (χ0) is 13.3. The van der Waals surface area contributed by atoms with Gasteiger partial charge in [0.05, 0.1) is 29.0 Å². The van der Waals surface area contributed by atoms with Crippen LogP contribution in [0.3, 0.4) is 0 Å². The molecule has 0 fully saturated rings. The number of pyridine rings is 1. The maximum absolute atomic E-state index is 12.2. The summed E-state index contributed by atoms with van der Waals surface area (Å²) in [7, 11) is -3.71. The third kappa shape index (κ3) is 2.14. The Labute approximate surface area is 104 Å². The lowest BCUT2D eigenvalue weighted by Gasteiger charge is -2.09. The smallest absolute Gasteiger partial charge is 0.265 e. The van der Waals surface area contributed by atoms with Crippen molar-refractivity contribution in [3.63, 3.8) is 0 Å². The summed E-state index contributed by atoms with van der Waals surface area (Å²) < 4.78 is 26.8. The molecule has 0 aliphatic heterocycles. The highest BCUT2D eigenvalue weighted by molar-refractivity contribution is 7.92. The molecule has 2 heterocycles. The van der Waals surface area contributed by atoms with Gasteiger partial charge in [-0.2, -0.15) is 5.10 Å². The van der Waals surface area contributed by atoms with Gasteiger partial charge in [0.15, 0.2) is 0 Å². The molecule has 0 saturated heterocycles. The van der Waals surface area contributed by atoms with Crippen LogP contribution in [0.25, 0.3) is 0 Å². The summed E-state index contributed by atoms with van der Waals surface area (Å²) in [5.41, 5.74) is 7.09. The van der Waals surface area contributed by atoms with Crippen LogP contribution in [0, 0.1) is 13.8 Å². The molecular weight excluding hydrogens is 254 g/mol. The Kier molecular flexibility index (Phi) is 2.95. The van der Waals surface area contributed by atoms with Gasteiger partial charge in [-0.25, -0.2) is 8.42 Å². The molecule has 0 saturated carbocycles. The zero-order valence-electron chi connectivity index (χ0n) is 9.93. The van der Waals surface area contributed by atoms with Gasteiger partial charge in [-0.3, -0.25) is 14.8 Å². The van der Waals surface area contributed by atoms with E-state index in [1.165, 1.54) is 18.5 Å². The third-order valence-corrected chi connectivity index (χ3v) is 4.05. The Morgan fingerprint density at radius 1 is 1.39 bits per heavy atom. The van der Waals surface area contributed by atoms with Crippen LogP contribution in [0.4, 0.5) is 11.4 Å². The number of aromatic amines is 1. The van der Waals surface area contributed by atoms with Crippen LogP contribution in [0.5, 0.6) is 0 Å². The van der Waals surface area contributed by atoms with E-state index in [4.69, 9.17) is 5.73 Å². The third-order valence-electron chi connectivity index (χ3n) is 2.43. The number of H-pyrrole nitrogens is 1. The minimum atomic E-state index is -3.71. The van der Waals surface area contributed by atoms with Gasteiger partial charge in [0.1, 0.15) is 4.90 Å². The van der Waals surface area contributed by atoms with Gasteiger partial charge < -0.3 is 5.73 Å². The molecule has 96 valence electrons. The minimum absolute atomic E-state index is 0.138. The van der Waals surface area contributed by atoms with Gasteiger partial charge in [-0.15, -0.1) is 0 Å². The van der Waals surface area contributed by atoms with Crippen LogP contribution in [0.1, 0.15) is 11.4 Å². The highest BCUT2D eigenvalue weighted by Gasteiger charge is 2.22. The SMILES string of the molecule is Cc1n[nH]c(C)c1S(=O)(=O)Nc1ccncc1N. The van der Waals surface area contributed by atoms with Crippen molar-refractivity contribution < 1.29 is 8.42 Å². The van der Waals surface area contributed by atoms with E-state index < -0.39 is 10.0 Å². The average molecular weight is 267 g/mol. The molecule has 2 aromatic rings. The standard InChI is InChI=1S/C10H13N5O2S/c1-6-10(7(2)14-13-6)18(16,17)15-9-3-4-12-5-8(9)11/h3-5H,11H2,1-2H3,(H,12,15)(H,13,14). The van der Waals surface area contributed by atoms with Crippen molar-refractivity contribution in [2.45, 2.75) is 18.7 Å². The summed E-state index contributed by atoms with van der Waals surface area (Å²) in [5, 5.41) is 6.49. The maximum atomic E-state index is 12.2. The molecule has 2 aromatic heterocycles. The van der Waals surface area contributed by atoms with Crippen LogP contribution in [0.2, 0.25) is 0 Å². The molecule has 4 N–H and O–H groups in total. The molecule has 0 amide bonds. The summed E-state index contributed by atoms with van der Waals surface area (Å²) in [6, 6.07) is 1.50. The predicted molar refractivity (Wildman–Crippen MR) is 67.5 cm³/mol. The normalized spacial score (nSPS) is 11.4. The van der Waals surface area contributed by atoms with E-state index in [2.05, 4.69) is 19.9 Å². The number of nitrogens with one attached hydrogen (secondary N) is 2. The Morgan fingerprint density at radius 2 is 2.11 bits per heavy atom. The Balaban J connectivity index is 2.43. The monoisotopic (exact) mass is 267 g/mol. The number of nitrogens with zero attached hydrogens (tertiary/aromatic N) is 2. The molecular formula is C10H13N5O2S. The number of anilines is 2. The van der Waals surface area contributed by atoms with Crippen LogP contribution in [0.15, 0.2) is 23.4 Å². The first-order valence-corrected chi connectivity index (χ1v) is 6.64. The van der Waals surface area contributed by atoms with Gasteiger partial charge >= 0.3 is 0 Å². The number of rotatable bonds is 3. The van der Waals surface area contributed by atoms with E-state index in [0.29, 0.717) is 17.1 Å². The number of aromatic nitrogens is 3. The number of nitrogens with two attached hydrogens (primary N) is 1. The molecule has 0 aromatic carbocycles. The second-order valence-electron chi connectivity index (χ2n) is 3.83. The molecule has 0 bridgehead atoms. The largest absolute Gasteiger partial charge is 0.396 e. The van der Waals surface area contributed by atoms with Crippen molar-refractivity contribution in [1.82, 2.24) is 15.2 Å². The van der Waals surface area contributed by atoms with E-state index in [9.17, 15) is 8.42 Å². The maximum Gasteiger partial charge on any atom is 0.265 e. The van der Waals surface area contributed by atoms with Crippen molar-refractivity contribution in [2.75, 3.05) is 10.5 Å². The Hall–Kier alpha value is -2.09. The first kappa shape index (κ1) is 12.4. The second kappa shape index (κ2) is 4.30. The fourth-order valence-electron chi connectivity index (χ4n) is 1.63. The fourth-order valence-corrected chi connectivity index (χ4v) is 3.09. The topological polar surface area (TPSA) is 114 Å². The van der Waals surface area contributed by atoms with E-state index in [0.717, 1.165) is 0 Å². The zero-order valence-corrected chi connectivity index (χ0v) is 10.7. The molecule has 0 spiro atoms. The van der Waals surface area contributed by atoms with Crippen LogP contribution in [-0.4, -0.2) is 23.6 Å². The summed E-state index contributed by atoms with van der Waals surface area (Å²) in [4.78, 5) is 3.93. The first-order valence-electron chi connectivity index (χ1n) is 5.15. The summed E-state index contributed by atoms with van der Waals surface area (Å²) in [5.74, 6) is 0. The van der Waals surface area contributed by atoms with Gasteiger partial charge in [0, 0.05) is 6.20 Å². The summed E-state index contributed by atoms with van der Waals surface area (Å²) >= 11 is 0. The molecule has 8 heteroatoms. The molecule has 2 rings (SSSR count). The van der Waals surface area contributed by atoms with E-state index in [1.807, 2.05) is 0 Å². The minimum Gasteiger partial charge on any atom is -0.396 e. The highest BCUT2D eigenvalue weighted by Crippen LogP contribution is 2.23. The second-order valence-corrected chi connectivity index (χ2v) is 5.45. The lowest BCUT2D eigenvalue weighted by atomic mass is 10.4. The molecule has 0 radical (unpaired) electrons. The molecule has 0 unspecified atom stereocenters. The van der Waals surface area contributed by atoms with Crippen molar-refractivity contribution in [1.29, 1.82) is 0 Å². The van der Waals surface area contributed by atoms with Gasteiger partial charge in [-0.1, -0.05) is 0 Å². The molecule has 7 nitrogen and oxygen atoms in total. The molecule has 18 heavy (non-hydrogen) atoms. The number of nitrogen functional groups attached to an aromatic ring is 1. The van der Waals surface area contributed by atoms with E-state index in [1.54, 1.807) is 13.8 Å². The lowest BCUT2D eigenvalue weighted by molar-refractivity contribution is 0.600. The Bertz CT molecular complexity index is 658. The first-order chi connectivity index (χ1) is 8.42. The number of hydrogen-bond donors (Lipinski definition) is 3. The number of aryl methyl sites for hydroxylation is 2. The van der Waals surface area contributed by atoms with Crippen molar-refractivity contribution in [3.8, 4) is 0 Å². The average Bonchev–Trinajstić information content (AvgIpc) is 2.62. The van der Waals surface area contributed by atoms with Gasteiger partial charge in [0.2, 0.25) is 0 Å². The van der Waals surface area contributed by atoms with Crippen LogP contribution < -0.4 is 10.5 Å². The quantitative estimate of drug-likeness (QED) is 0.761. The van der Waals surface area contributed by atoms with Crippen LogP contribution >= 0.6 is 0 Å². The van der Waals surface area contributed by atoms with Crippen molar-refractivity contribution >= 4 is 21.4 Å². The van der Waals surface area contributed by atoms with Gasteiger partial charge in [0.25, 0.3) is 10.0 Å². The van der Waals surface area contributed by atoms with Crippen molar-refractivity contribution in [2.24, 2.45) is 0 Å². The van der Waals surface area contributed by atoms with E-state index in [-0.39, 0.29) is 10.6 Å².